The molecule has 1 aromatic carbocycles. The Morgan fingerprint density at radius 2 is 1.90 bits per heavy atom. The number of nitrogens with two attached hydrogens (primary N) is 1. The Hall–Kier alpha value is -1.00. The Morgan fingerprint density at radius 1 is 1.15 bits per heavy atom. The van der Waals surface area contributed by atoms with Gasteiger partial charge in [-0.2, -0.15) is 8.78 Å². The van der Waals surface area contributed by atoms with Crippen molar-refractivity contribution in [1.29, 1.82) is 0 Å². The molecule has 2 N–H and O–H groups in total. The van der Waals surface area contributed by atoms with Gasteiger partial charge >= 0.3 is 0 Å². The fourth-order valence-corrected chi connectivity index (χ4v) is 3.79. The van der Waals surface area contributed by atoms with E-state index in [1.54, 1.807) is 18.2 Å². The average Bonchev–Trinajstić information content (AvgIpc) is 2.83. The topological polar surface area (TPSA) is 29.3 Å². The maximum absolute atomic E-state index is 14.3. The Kier molecular flexibility index (Phi) is 3.78. The van der Waals surface area contributed by atoms with E-state index < -0.39 is 5.92 Å². The maximum Gasteiger partial charge on any atom is 0.285 e. The van der Waals surface area contributed by atoms with E-state index in [9.17, 15) is 8.78 Å². The zero-order chi connectivity index (χ0) is 14.2. The van der Waals surface area contributed by atoms with Crippen LogP contribution in [0.5, 0.6) is 0 Å². The lowest BCUT2D eigenvalue weighted by Gasteiger charge is -2.30. The first kappa shape index (κ1) is 14.0. The van der Waals surface area contributed by atoms with Gasteiger partial charge in [-0.05, 0) is 24.7 Å². The molecule has 0 spiro atoms. The van der Waals surface area contributed by atoms with E-state index in [0.717, 1.165) is 32.4 Å². The number of nitrogens with zero attached hydrogens (tertiary/aromatic N) is 1. The molecule has 0 amide bonds. The number of likely N-dealkylation sites (tertiary alicyclic amines) is 1. The van der Waals surface area contributed by atoms with E-state index in [4.69, 9.17) is 5.73 Å². The number of fused-ring (bicyclic) bond motifs is 1. The highest BCUT2D eigenvalue weighted by molar-refractivity contribution is 5.20. The van der Waals surface area contributed by atoms with Crippen LogP contribution in [-0.4, -0.2) is 30.6 Å². The van der Waals surface area contributed by atoms with Crippen molar-refractivity contribution in [3.63, 3.8) is 0 Å². The van der Waals surface area contributed by atoms with Gasteiger partial charge in [0.05, 0.1) is 6.54 Å². The molecular weight excluding hydrogens is 258 g/mol. The van der Waals surface area contributed by atoms with Crippen LogP contribution in [0.1, 0.15) is 24.8 Å². The summed E-state index contributed by atoms with van der Waals surface area (Å²) in [5, 5.41) is 0. The van der Waals surface area contributed by atoms with Gasteiger partial charge in [0.25, 0.3) is 5.92 Å². The summed E-state index contributed by atoms with van der Waals surface area (Å²) in [6.07, 6.45) is 3.33. The van der Waals surface area contributed by atoms with Crippen LogP contribution in [0.25, 0.3) is 0 Å². The summed E-state index contributed by atoms with van der Waals surface area (Å²) in [6, 6.07) is 8.32. The van der Waals surface area contributed by atoms with Crippen LogP contribution in [0.4, 0.5) is 8.78 Å². The van der Waals surface area contributed by atoms with Gasteiger partial charge in [-0.25, -0.2) is 0 Å². The van der Waals surface area contributed by atoms with Crippen molar-refractivity contribution in [2.75, 3.05) is 19.6 Å². The van der Waals surface area contributed by atoms with E-state index in [-0.39, 0.29) is 18.2 Å². The number of hydrogen-bond donors (Lipinski definition) is 1. The van der Waals surface area contributed by atoms with Crippen LogP contribution in [0.15, 0.2) is 30.3 Å². The van der Waals surface area contributed by atoms with Gasteiger partial charge in [0, 0.05) is 24.7 Å². The van der Waals surface area contributed by atoms with Gasteiger partial charge < -0.3 is 5.73 Å². The average molecular weight is 280 g/mol. The van der Waals surface area contributed by atoms with Gasteiger partial charge in [-0.1, -0.05) is 36.8 Å². The fraction of sp³-hybridized carbons (Fsp3) is 0.625. The van der Waals surface area contributed by atoms with Crippen molar-refractivity contribution in [3.8, 4) is 0 Å². The van der Waals surface area contributed by atoms with E-state index in [0.29, 0.717) is 11.8 Å². The molecule has 1 aliphatic heterocycles. The Labute approximate surface area is 118 Å². The normalized spacial score (nSPS) is 31.2. The predicted octanol–water partition coefficient (Wildman–Crippen LogP) is 2.84. The second-order valence-corrected chi connectivity index (χ2v) is 6.28. The van der Waals surface area contributed by atoms with Gasteiger partial charge in [0.15, 0.2) is 0 Å². The summed E-state index contributed by atoms with van der Waals surface area (Å²) >= 11 is 0. The fourth-order valence-electron chi connectivity index (χ4n) is 3.79. The molecule has 1 aliphatic carbocycles. The zero-order valence-electron chi connectivity index (χ0n) is 11.6. The Morgan fingerprint density at radius 3 is 2.60 bits per heavy atom. The third-order valence-electron chi connectivity index (χ3n) is 4.85. The molecule has 20 heavy (non-hydrogen) atoms. The highest BCUT2D eigenvalue weighted by atomic mass is 19.3. The van der Waals surface area contributed by atoms with Crippen LogP contribution in [-0.2, 0) is 5.92 Å². The minimum Gasteiger partial charge on any atom is -0.327 e. The van der Waals surface area contributed by atoms with Crippen LogP contribution in [0.3, 0.4) is 0 Å². The minimum atomic E-state index is -2.78. The molecule has 1 heterocycles. The van der Waals surface area contributed by atoms with Crippen LogP contribution in [0, 0.1) is 11.8 Å². The summed E-state index contributed by atoms with van der Waals surface area (Å²) in [4.78, 5) is 1.91. The van der Waals surface area contributed by atoms with Gasteiger partial charge in [0.1, 0.15) is 0 Å². The lowest BCUT2D eigenvalue weighted by molar-refractivity contribution is -0.0340. The first-order valence-electron chi connectivity index (χ1n) is 7.47. The molecule has 2 fully saturated rings. The largest absolute Gasteiger partial charge is 0.327 e. The Bertz CT molecular complexity index is 449. The summed E-state index contributed by atoms with van der Waals surface area (Å²) < 4.78 is 28.6. The summed E-state index contributed by atoms with van der Waals surface area (Å²) in [7, 11) is 0. The summed E-state index contributed by atoms with van der Waals surface area (Å²) in [6.45, 7) is 1.33. The molecule has 4 heteroatoms. The number of benzene rings is 1. The van der Waals surface area contributed by atoms with Crippen molar-refractivity contribution in [2.45, 2.75) is 31.2 Å². The molecular formula is C16H22F2N2. The third-order valence-corrected chi connectivity index (χ3v) is 4.85. The van der Waals surface area contributed by atoms with Crippen LogP contribution in [0.2, 0.25) is 0 Å². The van der Waals surface area contributed by atoms with E-state index in [1.807, 2.05) is 4.90 Å². The second-order valence-electron chi connectivity index (χ2n) is 6.28. The molecule has 0 aromatic heterocycles. The molecule has 0 bridgehead atoms. The quantitative estimate of drug-likeness (QED) is 0.922. The lowest BCUT2D eigenvalue weighted by Crippen LogP contribution is -2.39. The molecule has 3 rings (SSSR count). The number of halogens is 2. The lowest BCUT2D eigenvalue weighted by atomic mass is 9.78. The zero-order valence-corrected chi connectivity index (χ0v) is 11.6. The van der Waals surface area contributed by atoms with Crippen molar-refractivity contribution in [1.82, 2.24) is 4.90 Å². The SMILES string of the molecule is NC1CCCC2CN(CC(F)(F)c3ccccc3)CC12. The van der Waals surface area contributed by atoms with E-state index in [2.05, 4.69) is 0 Å². The first-order valence-corrected chi connectivity index (χ1v) is 7.47. The molecule has 2 aliphatic rings. The molecule has 3 atom stereocenters. The summed E-state index contributed by atoms with van der Waals surface area (Å²) in [5.41, 5.74) is 6.25. The van der Waals surface area contributed by atoms with Crippen molar-refractivity contribution in [3.05, 3.63) is 35.9 Å². The smallest absolute Gasteiger partial charge is 0.285 e. The van der Waals surface area contributed by atoms with Gasteiger partial charge in [-0.3, -0.25) is 4.90 Å². The van der Waals surface area contributed by atoms with Crippen molar-refractivity contribution < 1.29 is 8.78 Å². The molecule has 0 radical (unpaired) electrons. The number of hydrogen-bond acceptors (Lipinski definition) is 2. The van der Waals surface area contributed by atoms with E-state index in [1.165, 1.54) is 12.1 Å². The summed E-state index contributed by atoms with van der Waals surface area (Å²) in [5.74, 6) is -1.85. The molecule has 1 aromatic rings. The number of rotatable bonds is 3. The highest BCUT2D eigenvalue weighted by Crippen LogP contribution is 2.38. The highest BCUT2D eigenvalue weighted by Gasteiger charge is 2.42. The standard InChI is InChI=1S/C16H22F2N2/c17-16(18,13-6-2-1-3-7-13)11-20-9-12-5-4-8-15(19)14(12)10-20/h1-3,6-7,12,14-15H,4-5,8-11,19H2. The Balaban J connectivity index is 1.67. The predicted molar refractivity (Wildman–Crippen MR) is 75.6 cm³/mol. The molecule has 110 valence electrons. The van der Waals surface area contributed by atoms with Gasteiger partial charge in [0.2, 0.25) is 0 Å². The second kappa shape index (κ2) is 5.41. The van der Waals surface area contributed by atoms with Crippen LogP contribution < -0.4 is 5.73 Å². The van der Waals surface area contributed by atoms with Gasteiger partial charge in [-0.15, -0.1) is 0 Å². The third kappa shape index (κ3) is 2.72. The molecule has 1 saturated carbocycles. The van der Waals surface area contributed by atoms with E-state index >= 15 is 0 Å². The monoisotopic (exact) mass is 280 g/mol. The van der Waals surface area contributed by atoms with Crippen molar-refractivity contribution >= 4 is 0 Å². The van der Waals surface area contributed by atoms with Crippen LogP contribution >= 0.6 is 0 Å². The minimum absolute atomic E-state index is 0.110. The molecule has 2 nitrogen and oxygen atoms in total. The molecule has 3 unspecified atom stereocenters. The van der Waals surface area contributed by atoms with Crippen molar-refractivity contribution in [2.24, 2.45) is 17.6 Å². The first-order chi connectivity index (χ1) is 9.56. The number of alkyl halides is 2. The maximum atomic E-state index is 14.3. The molecule has 1 saturated heterocycles.